The van der Waals surface area contributed by atoms with Crippen molar-refractivity contribution in [3.05, 3.63) is 24.0 Å². The summed E-state index contributed by atoms with van der Waals surface area (Å²) in [6.07, 6.45) is 0.643. The summed E-state index contributed by atoms with van der Waals surface area (Å²) in [5, 5.41) is 0. The Morgan fingerprint density at radius 2 is 2.00 bits per heavy atom. The Hall–Kier alpha value is -1.10. The second-order valence-electron chi connectivity index (χ2n) is 3.90. The highest BCUT2D eigenvalue weighted by molar-refractivity contribution is 7.51. The molecule has 1 rings (SSSR count). The third kappa shape index (κ3) is 8.06. The summed E-state index contributed by atoms with van der Waals surface area (Å²) in [4.78, 5) is 8.65. The van der Waals surface area contributed by atoms with E-state index in [1.54, 1.807) is 6.92 Å². The average molecular weight is 278 g/mol. The third-order valence-electron chi connectivity index (χ3n) is 2.00. The summed E-state index contributed by atoms with van der Waals surface area (Å²) in [7, 11) is -3.24. The Kier molecular flexibility index (Phi) is 6.91. The first-order valence-corrected chi connectivity index (χ1v) is 7.47. The van der Waals surface area contributed by atoms with Gasteiger partial charge in [-0.05, 0) is 31.5 Å². The molecule has 0 saturated heterocycles. The van der Waals surface area contributed by atoms with Gasteiger partial charge in [-0.25, -0.2) is 4.39 Å². The maximum Gasteiger partial charge on any atom is 0.325 e. The molecule has 1 aromatic rings. The van der Waals surface area contributed by atoms with E-state index >= 15 is 0 Å². The number of halogens is 1. The molecule has 1 aromatic carbocycles. The van der Waals surface area contributed by atoms with Crippen LogP contribution in [-0.4, -0.2) is 17.7 Å². The minimum absolute atomic E-state index is 0.120. The molecule has 0 aromatic heterocycles. The fourth-order valence-corrected chi connectivity index (χ4v) is 1.77. The normalized spacial score (nSPS) is 15.2. The van der Waals surface area contributed by atoms with E-state index in [0.717, 1.165) is 6.42 Å². The van der Waals surface area contributed by atoms with Gasteiger partial charge in [-0.1, -0.05) is 6.92 Å². The summed E-state index contributed by atoms with van der Waals surface area (Å²) in [6.45, 7) is 4.87. The van der Waals surface area contributed by atoms with Crippen molar-refractivity contribution in [3.63, 3.8) is 0 Å². The molecule has 5 nitrogen and oxygen atoms in total. The summed E-state index contributed by atoms with van der Waals surface area (Å²) < 4.78 is 27.4. The summed E-state index contributed by atoms with van der Waals surface area (Å²) in [5.74, 6) is -0.360. The number of nitrogens with two attached hydrogens (primary N) is 2. The van der Waals surface area contributed by atoms with Crippen LogP contribution in [0.5, 0.6) is 0 Å². The molecule has 7 heteroatoms. The summed E-state index contributed by atoms with van der Waals surface area (Å²) in [5.41, 5.74) is 11.3. The number of hydrogen-bond donors (Lipinski definition) is 3. The maximum atomic E-state index is 12.2. The Bertz CT molecular complexity index is 423. The molecule has 5 N–H and O–H groups in total. The molecule has 0 saturated carbocycles. The van der Waals surface area contributed by atoms with Crippen molar-refractivity contribution < 1.29 is 18.4 Å². The van der Waals surface area contributed by atoms with Gasteiger partial charge < -0.3 is 20.9 Å². The van der Waals surface area contributed by atoms with Gasteiger partial charge in [0.1, 0.15) is 5.82 Å². The van der Waals surface area contributed by atoms with Crippen molar-refractivity contribution in [2.75, 3.05) is 18.1 Å². The van der Waals surface area contributed by atoms with Crippen molar-refractivity contribution in [3.8, 4) is 0 Å². The number of hydrogen-bond acceptors (Lipinski definition) is 4. The van der Waals surface area contributed by atoms with E-state index in [9.17, 15) is 8.96 Å². The Labute approximate surface area is 106 Å². The lowest BCUT2D eigenvalue weighted by atomic mass is 10.3. The van der Waals surface area contributed by atoms with Gasteiger partial charge in [-0.3, -0.25) is 4.57 Å². The molecular formula is C11H20FN2O3P. The van der Waals surface area contributed by atoms with Gasteiger partial charge in [0.2, 0.25) is 0 Å². The Morgan fingerprint density at radius 1 is 1.44 bits per heavy atom. The highest BCUT2D eigenvalue weighted by Gasteiger charge is 2.13. The first-order chi connectivity index (χ1) is 8.15. The molecule has 0 amide bonds. The Morgan fingerprint density at radius 3 is 2.28 bits per heavy atom. The maximum absolute atomic E-state index is 12.2. The van der Waals surface area contributed by atoms with E-state index in [-0.39, 0.29) is 17.6 Å². The van der Waals surface area contributed by atoms with E-state index < -0.39 is 7.60 Å². The molecule has 0 spiro atoms. The van der Waals surface area contributed by atoms with Gasteiger partial charge in [-0.15, -0.1) is 0 Å². The van der Waals surface area contributed by atoms with E-state index in [1.807, 2.05) is 6.92 Å². The van der Waals surface area contributed by atoms with Crippen molar-refractivity contribution >= 4 is 19.0 Å². The average Bonchev–Trinajstić information content (AvgIpc) is 2.22. The van der Waals surface area contributed by atoms with Gasteiger partial charge in [0.15, 0.2) is 0 Å². The molecule has 0 fully saturated rings. The van der Waals surface area contributed by atoms with Gasteiger partial charge >= 0.3 is 7.60 Å². The number of rotatable bonds is 3. The van der Waals surface area contributed by atoms with Crippen LogP contribution in [0.15, 0.2) is 18.2 Å². The number of benzene rings is 1. The number of anilines is 2. The van der Waals surface area contributed by atoms with Crippen LogP contribution in [-0.2, 0) is 9.09 Å². The van der Waals surface area contributed by atoms with Gasteiger partial charge in [-0.2, -0.15) is 0 Å². The summed E-state index contributed by atoms with van der Waals surface area (Å²) >= 11 is 0. The molecule has 2 unspecified atom stereocenters. The molecule has 0 heterocycles. The minimum atomic E-state index is -3.24. The van der Waals surface area contributed by atoms with Crippen LogP contribution < -0.4 is 11.5 Å². The standard InChI is InChI=1S/C6H7FN2.C5H13O3P/c7-4-1-2-5(8)6(9)3-4;1-4-5(2)8-9(3,6)7/h1-3H,8-9H2;5H,4H2,1-3H3,(H,6,7). The molecule has 0 bridgehead atoms. The second kappa shape index (κ2) is 7.36. The Balaban J connectivity index is 0.000000321. The summed E-state index contributed by atoms with van der Waals surface area (Å²) in [6, 6.07) is 3.89. The lowest BCUT2D eigenvalue weighted by molar-refractivity contribution is 0.189. The highest BCUT2D eigenvalue weighted by atomic mass is 31.2. The molecule has 0 aliphatic rings. The van der Waals surface area contributed by atoms with Gasteiger partial charge in [0.25, 0.3) is 0 Å². The fourth-order valence-electron chi connectivity index (χ4n) is 0.954. The molecule has 2 atom stereocenters. The van der Waals surface area contributed by atoms with E-state index in [0.29, 0.717) is 5.69 Å². The zero-order valence-corrected chi connectivity index (χ0v) is 11.7. The van der Waals surface area contributed by atoms with Crippen LogP contribution in [0.25, 0.3) is 0 Å². The smallest absolute Gasteiger partial charge is 0.325 e. The quantitative estimate of drug-likeness (QED) is 0.583. The first-order valence-electron chi connectivity index (χ1n) is 5.45. The van der Waals surface area contributed by atoms with E-state index in [2.05, 4.69) is 0 Å². The van der Waals surface area contributed by atoms with Crippen LogP contribution >= 0.6 is 7.60 Å². The predicted octanol–water partition coefficient (Wildman–Crippen LogP) is 2.61. The topological polar surface area (TPSA) is 98.6 Å². The third-order valence-corrected chi connectivity index (χ3v) is 2.75. The SMILES string of the molecule is CCC(C)OP(C)(=O)O.Nc1ccc(F)cc1N. The highest BCUT2D eigenvalue weighted by Crippen LogP contribution is 2.38. The molecule has 18 heavy (non-hydrogen) atoms. The predicted molar refractivity (Wildman–Crippen MR) is 71.8 cm³/mol. The molecule has 0 radical (unpaired) electrons. The number of nitrogen functional groups attached to an aromatic ring is 2. The largest absolute Gasteiger partial charge is 0.397 e. The van der Waals surface area contributed by atoms with Crippen LogP contribution in [0.1, 0.15) is 20.3 Å². The second-order valence-corrected chi connectivity index (χ2v) is 5.72. The molecular weight excluding hydrogens is 258 g/mol. The van der Waals surface area contributed by atoms with Crippen molar-refractivity contribution in [1.29, 1.82) is 0 Å². The van der Waals surface area contributed by atoms with Crippen molar-refractivity contribution in [1.82, 2.24) is 0 Å². The fraction of sp³-hybridized carbons (Fsp3) is 0.455. The lowest BCUT2D eigenvalue weighted by Gasteiger charge is -2.11. The monoisotopic (exact) mass is 278 g/mol. The molecule has 104 valence electrons. The van der Waals surface area contributed by atoms with Crippen LogP contribution in [0.2, 0.25) is 0 Å². The van der Waals surface area contributed by atoms with Crippen LogP contribution in [0.3, 0.4) is 0 Å². The zero-order valence-electron chi connectivity index (χ0n) is 10.8. The van der Waals surface area contributed by atoms with Gasteiger partial charge in [0, 0.05) is 6.66 Å². The lowest BCUT2D eigenvalue weighted by Crippen LogP contribution is -2.02. The van der Waals surface area contributed by atoms with Crippen LogP contribution in [0.4, 0.5) is 15.8 Å². The van der Waals surface area contributed by atoms with Crippen LogP contribution in [0, 0.1) is 5.82 Å². The minimum Gasteiger partial charge on any atom is -0.397 e. The first kappa shape index (κ1) is 16.9. The van der Waals surface area contributed by atoms with Crippen molar-refractivity contribution in [2.45, 2.75) is 26.4 Å². The molecule has 0 aliphatic carbocycles. The molecule has 0 aliphatic heterocycles. The van der Waals surface area contributed by atoms with E-state index in [1.165, 1.54) is 24.9 Å². The van der Waals surface area contributed by atoms with Crippen molar-refractivity contribution in [2.24, 2.45) is 0 Å². The zero-order chi connectivity index (χ0) is 14.3. The van der Waals surface area contributed by atoms with E-state index in [4.69, 9.17) is 20.9 Å². The van der Waals surface area contributed by atoms with Gasteiger partial charge in [0.05, 0.1) is 17.5 Å².